The summed E-state index contributed by atoms with van der Waals surface area (Å²) >= 11 is 0. The normalized spacial score (nSPS) is 10.0. The monoisotopic (exact) mass is 205 g/mol. The van der Waals surface area contributed by atoms with E-state index in [1.807, 2.05) is 25.1 Å². The molecule has 0 radical (unpaired) electrons. The third kappa shape index (κ3) is 4.66. The highest BCUT2D eigenvalue weighted by Gasteiger charge is 1.96. The van der Waals surface area contributed by atoms with Gasteiger partial charge in [0.2, 0.25) is 0 Å². The third-order valence-corrected chi connectivity index (χ3v) is 2.13. The highest BCUT2D eigenvalue weighted by atomic mass is 16.5. The first-order valence-electron chi connectivity index (χ1n) is 5.28. The summed E-state index contributed by atoms with van der Waals surface area (Å²) in [7, 11) is 0. The highest BCUT2D eigenvalue weighted by molar-refractivity contribution is 5.28. The third-order valence-electron chi connectivity index (χ3n) is 2.13. The molecule has 0 aliphatic rings. The van der Waals surface area contributed by atoms with Crippen LogP contribution in [0, 0.1) is 0 Å². The molecule has 2 N–H and O–H groups in total. The molecule has 0 unspecified atom stereocenters. The maximum atomic E-state index is 5.60. The van der Waals surface area contributed by atoms with E-state index in [2.05, 4.69) is 12.6 Å². The van der Waals surface area contributed by atoms with Gasteiger partial charge in [-0.15, -0.1) is 6.58 Å². The van der Waals surface area contributed by atoms with Crippen molar-refractivity contribution in [3.05, 3.63) is 42.0 Å². The van der Waals surface area contributed by atoms with Gasteiger partial charge in [-0.2, -0.15) is 0 Å². The van der Waals surface area contributed by atoms with E-state index in [0.29, 0.717) is 13.2 Å². The second-order valence-electron chi connectivity index (χ2n) is 3.74. The zero-order valence-corrected chi connectivity index (χ0v) is 9.33. The van der Waals surface area contributed by atoms with Crippen molar-refractivity contribution in [1.82, 2.24) is 0 Å². The van der Waals surface area contributed by atoms with E-state index in [9.17, 15) is 0 Å². The number of nitrogens with two attached hydrogens (primary N) is 1. The Kier molecular flexibility index (Phi) is 4.91. The second-order valence-corrected chi connectivity index (χ2v) is 3.74. The zero-order chi connectivity index (χ0) is 11.1. The molecule has 82 valence electrons. The van der Waals surface area contributed by atoms with Crippen molar-refractivity contribution in [3.8, 4) is 5.75 Å². The van der Waals surface area contributed by atoms with Crippen molar-refractivity contribution >= 4 is 0 Å². The van der Waals surface area contributed by atoms with Crippen molar-refractivity contribution < 1.29 is 4.74 Å². The van der Waals surface area contributed by atoms with Crippen LogP contribution in [0.4, 0.5) is 0 Å². The van der Waals surface area contributed by atoms with Crippen molar-refractivity contribution in [2.24, 2.45) is 5.73 Å². The maximum absolute atomic E-state index is 5.60. The van der Waals surface area contributed by atoms with E-state index in [1.165, 1.54) is 5.56 Å². The average molecular weight is 205 g/mol. The molecule has 0 bridgehead atoms. The topological polar surface area (TPSA) is 35.2 Å². The van der Waals surface area contributed by atoms with E-state index < -0.39 is 0 Å². The number of hydrogen-bond acceptors (Lipinski definition) is 2. The van der Waals surface area contributed by atoms with Gasteiger partial charge >= 0.3 is 0 Å². The van der Waals surface area contributed by atoms with Crippen LogP contribution in [-0.2, 0) is 6.42 Å². The van der Waals surface area contributed by atoms with E-state index in [-0.39, 0.29) is 0 Å². The first kappa shape index (κ1) is 11.8. The summed E-state index contributed by atoms with van der Waals surface area (Å²) in [6, 6.07) is 8.09. The van der Waals surface area contributed by atoms with Gasteiger partial charge in [-0.25, -0.2) is 0 Å². The lowest BCUT2D eigenvalue weighted by molar-refractivity contribution is 0.321. The average Bonchev–Trinajstić information content (AvgIpc) is 2.18. The Morgan fingerprint density at radius 1 is 1.47 bits per heavy atom. The molecule has 0 saturated heterocycles. The number of hydrogen-bond donors (Lipinski definition) is 1. The van der Waals surface area contributed by atoms with Crippen LogP contribution in [0.1, 0.15) is 18.9 Å². The van der Waals surface area contributed by atoms with Crippen LogP contribution < -0.4 is 10.5 Å². The summed E-state index contributed by atoms with van der Waals surface area (Å²) in [5.74, 6) is 0.919. The van der Waals surface area contributed by atoms with Crippen molar-refractivity contribution in [2.75, 3.05) is 13.2 Å². The molecule has 0 amide bonds. The van der Waals surface area contributed by atoms with Gasteiger partial charge in [0, 0.05) is 6.42 Å². The van der Waals surface area contributed by atoms with Gasteiger partial charge in [0.05, 0.1) is 6.61 Å². The first-order chi connectivity index (χ1) is 7.22. The van der Waals surface area contributed by atoms with Gasteiger partial charge in [0.1, 0.15) is 5.75 Å². The molecule has 0 aliphatic carbocycles. The Bertz CT molecular complexity index is 320. The van der Waals surface area contributed by atoms with Gasteiger partial charge in [-0.3, -0.25) is 0 Å². The van der Waals surface area contributed by atoms with Gasteiger partial charge in [0.25, 0.3) is 0 Å². The molecule has 0 aromatic heterocycles. The first-order valence-corrected chi connectivity index (χ1v) is 5.28. The minimum atomic E-state index is 0.676. The fourth-order valence-electron chi connectivity index (χ4n) is 1.30. The quantitative estimate of drug-likeness (QED) is 0.724. The van der Waals surface area contributed by atoms with Crippen molar-refractivity contribution in [1.29, 1.82) is 0 Å². The molecular weight excluding hydrogens is 186 g/mol. The van der Waals surface area contributed by atoms with Gasteiger partial charge < -0.3 is 10.5 Å². The summed E-state index contributed by atoms with van der Waals surface area (Å²) < 4.78 is 5.60. The Balaban J connectivity index is 2.46. The summed E-state index contributed by atoms with van der Waals surface area (Å²) in [4.78, 5) is 0. The Morgan fingerprint density at radius 2 is 2.27 bits per heavy atom. The van der Waals surface area contributed by atoms with E-state index in [0.717, 1.165) is 24.2 Å². The van der Waals surface area contributed by atoms with Crippen LogP contribution >= 0.6 is 0 Å². The summed E-state index contributed by atoms with van der Waals surface area (Å²) in [5.41, 5.74) is 7.87. The van der Waals surface area contributed by atoms with Crippen molar-refractivity contribution in [3.63, 3.8) is 0 Å². The minimum absolute atomic E-state index is 0.676. The largest absolute Gasteiger partial charge is 0.493 e. The van der Waals surface area contributed by atoms with E-state index in [1.54, 1.807) is 0 Å². The fourth-order valence-corrected chi connectivity index (χ4v) is 1.30. The molecule has 2 heteroatoms. The van der Waals surface area contributed by atoms with Crippen LogP contribution in [-0.4, -0.2) is 13.2 Å². The minimum Gasteiger partial charge on any atom is -0.493 e. The lowest BCUT2D eigenvalue weighted by Crippen LogP contribution is -2.03. The highest BCUT2D eigenvalue weighted by Crippen LogP contribution is 2.14. The lowest BCUT2D eigenvalue weighted by Gasteiger charge is -2.07. The van der Waals surface area contributed by atoms with Gasteiger partial charge in [-0.05, 0) is 37.6 Å². The van der Waals surface area contributed by atoms with Crippen LogP contribution in [0.5, 0.6) is 5.75 Å². The number of benzene rings is 1. The Hall–Kier alpha value is -1.28. The summed E-state index contributed by atoms with van der Waals surface area (Å²) in [5, 5.41) is 0. The molecule has 0 fully saturated rings. The Labute approximate surface area is 91.7 Å². The van der Waals surface area contributed by atoms with Gasteiger partial charge in [0.15, 0.2) is 0 Å². The second kappa shape index (κ2) is 6.25. The predicted octanol–water partition coefficient (Wildman–Crippen LogP) is 2.53. The molecule has 2 nitrogen and oxygen atoms in total. The maximum Gasteiger partial charge on any atom is 0.119 e. The number of ether oxygens (including phenoxy) is 1. The van der Waals surface area contributed by atoms with E-state index >= 15 is 0 Å². The Morgan fingerprint density at radius 3 is 2.93 bits per heavy atom. The molecule has 0 spiro atoms. The number of rotatable bonds is 6. The van der Waals surface area contributed by atoms with Crippen LogP contribution in [0.15, 0.2) is 36.4 Å². The standard InChI is InChI=1S/C13H19NO/c1-11(2)7-9-15-13-5-3-4-12(10-13)6-8-14/h3-5,10H,1,6-9,14H2,2H3. The zero-order valence-electron chi connectivity index (χ0n) is 9.33. The van der Waals surface area contributed by atoms with Crippen LogP contribution in [0.25, 0.3) is 0 Å². The molecule has 1 aromatic carbocycles. The fraction of sp³-hybridized carbons (Fsp3) is 0.385. The smallest absolute Gasteiger partial charge is 0.119 e. The van der Waals surface area contributed by atoms with Gasteiger partial charge in [-0.1, -0.05) is 17.7 Å². The molecule has 0 saturated carbocycles. The SMILES string of the molecule is C=C(C)CCOc1cccc(CCN)c1. The summed E-state index contributed by atoms with van der Waals surface area (Å²) in [6.07, 6.45) is 1.80. The van der Waals surface area contributed by atoms with E-state index in [4.69, 9.17) is 10.5 Å². The van der Waals surface area contributed by atoms with Crippen LogP contribution in [0.3, 0.4) is 0 Å². The predicted molar refractivity (Wildman–Crippen MR) is 64.1 cm³/mol. The van der Waals surface area contributed by atoms with Crippen LogP contribution in [0.2, 0.25) is 0 Å². The summed E-state index contributed by atoms with van der Waals surface area (Å²) in [6.45, 7) is 7.22. The molecule has 0 atom stereocenters. The molecular formula is C13H19NO. The molecule has 0 aliphatic heterocycles. The van der Waals surface area contributed by atoms with Crippen molar-refractivity contribution in [2.45, 2.75) is 19.8 Å². The molecule has 15 heavy (non-hydrogen) atoms. The molecule has 0 heterocycles. The molecule has 1 aromatic rings. The lowest BCUT2D eigenvalue weighted by atomic mass is 10.1. The molecule has 1 rings (SSSR count).